The fraction of sp³-hybridized carbons (Fsp3) is 0.318. The third kappa shape index (κ3) is 5.71. The number of carbonyl (C=O) groups excluding carboxylic acids is 2. The number of rotatable bonds is 8. The van der Waals surface area contributed by atoms with E-state index in [4.69, 9.17) is 4.74 Å². The molecule has 1 saturated heterocycles. The second kappa shape index (κ2) is 10.4. The molecule has 1 aliphatic heterocycles. The zero-order valence-corrected chi connectivity index (χ0v) is 18.8. The monoisotopic (exact) mass is 456 g/mol. The number of thioether (sulfide) groups is 1. The van der Waals surface area contributed by atoms with E-state index >= 15 is 0 Å². The number of amides is 2. The first-order chi connectivity index (χ1) is 15.3. The highest BCUT2D eigenvalue weighted by molar-refractivity contribution is 8.15. The number of ether oxygens (including phenoxy) is 1. The quantitative estimate of drug-likeness (QED) is 0.477. The van der Waals surface area contributed by atoms with Gasteiger partial charge in [-0.2, -0.15) is 0 Å². The van der Waals surface area contributed by atoms with E-state index in [1.807, 2.05) is 32.0 Å². The predicted octanol–water partition coefficient (Wildman–Crippen LogP) is 3.82. The summed E-state index contributed by atoms with van der Waals surface area (Å²) in [5.41, 5.74) is 3.16. The van der Waals surface area contributed by atoms with Gasteiger partial charge in [0.05, 0.1) is 23.8 Å². The Labute approximate surface area is 190 Å². The number of nitro groups is 1. The van der Waals surface area contributed by atoms with Gasteiger partial charge in [0.15, 0.2) is 5.17 Å². The summed E-state index contributed by atoms with van der Waals surface area (Å²) < 4.78 is 5.12. The average Bonchev–Trinajstić information content (AvgIpc) is 3.03. The second-order valence-corrected chi connectivity index (χ2v) is 8.48. The van der Waals surface area contributed by atoms with Crippen molar-refractivity contribution in [3.63, 3.8) is 0 Å². The van der Waals surface area contributed by atoms with Crippen LogP contribution < -0.4 is 5.32 Å². The van der Waals surface area contributed by atoms with Crippen LogP contribution in [0.3, 0.4) is 0 Å². The first-order valence-electron chi connectivity index (χ1n) is 9.95. The van der Waals surface area contributed by atoms with Gasteiger partial charge >= 0.3 is 0 Å². The maximum absolute atomic E-state index is 13.0. The standard InChI is InChI=1S/C22H24N4O5S/c1-14-7-8-17(11-15(14)2)24-22-25(9-10-31-3)21(28)19(32-22)13-20(27)23-16-5-4-6-18(12-16)26(29)30/h4-8,11-12,19H,9-10,13H2,1-3H3,(H,23,27). The number of carbonyl (C=O) groups is 2. The number of benzene rings is 2. The molecule has 168 valence electrons. The zero-order valence-electron chi connectivity index (χ0n) is 18.0. The van der Waals surface area contributed by atoms with Crippen molar-refractivity contribution in [2.45, 2.75) is 25.5 Å². The Morgan fingerprint density at radius 2 is 2.03 bits per heavy atom. The number of hydrogen-bond donors (Lipinski definition) is 1. The van der Waals surface area contributed by atoms with Crippen molar-refractivity contribution in [2.75, 3.05) is 25.6 Å². The van der Waals surface area contributed by atoms with Crippen LogP contribution >= 0.6 is 11.8 Å². The number of nitrogens with zero attached hydrogens (tertiary/aromatic N) is 3. The smallest absolute Gasteiger partial charge is 0.271 e. The summed E-state index contributed by atoms with van der Waals surface area (Å²) in [5.74, 6) is -0.626. The van der Waals surface area contributed by atoms with Gasteiger partial charge in [-0.3, -0.25) is 24.6 Å². The fourth-order valence-corrected chi connectivity index (χ4v) is 4.28. The van der Waals surface area contributed by atoms with Crippen molar-refractivity contribution in [2.24, 2.45) is 4.99 Å². The second-order valence-electron chi connectivity index (χ2n) is 7.31. The zero-order chi connectivity index (χ0) is 23.3. The summed E-state index contributed by atoms with van der Waals surface area (Å²) in [6.45, 7) is 4.68. The first kappa shape index (κ1) is 23.4. The highest BCUT2D eigenvalue weighted by Crippen LogP contribution is 2.32. The van der Waals surface area contributed by atoms with Gasteiger partial charge in [0.25, 0.3) is 5.69 Å². The molecule has 1 unspecified atom stereocenters. The van der Waals surface area contributed by atoms with E-state index in [2.05, 4.69) is 10.3 Å². The number of methoxy groups -OCH3 is 1. The third-order valence-corrected chi connectivity index (χ3v) is 6.14. The molecule has 0 radical (unpaired) electrons. The number of nitro benzene ring substituents is 1. The molecule has 0 spiro atoms. The Hall–Kier alpha value is -3.24. The minimum Gasteiger partial charge on any atom is -0.383 e. The lowest BCUT2D eigenvalue weighted by atomic mass is 10.1. The molecule has 2 aromatic rings. The van der Waals surface area contributed by atoms with E-state index in [0.717, 1.165) is 16.8 Å². The minimum absolute atomic E-state index is 0.0817. The number of aliphatic imine (C=N–C) groups is 1. The number of aryl methyl sites for hydroxylation is 2. The molecule has 10 heteroatoms. The lowest BCUT2D eigenvalue weighted by molar-refractivity contribution is -0.384. The lowest BCUT2D eigenvalue weighted by Crippen LogP contribution is -2.35. The van der Waals surface area contributed by atoms with E-state index in [9.17, 15) is 19.7 Å². The summed E-state index contributed by atoms with van der Waals surface area (Å²) in [7, 11) is 1.55. The lowest BCUT2D eigenvalue weighted by Gasteiger charge is -2.16. The van der Waals surface area contributed by atoms with Gasteiger partial charge in [0.2, 0.25) is 11.8 Å². The van der Waals surface area contributed by atoms with E-state index in [0.29, 0.717) is 24.0 Å². The molecule has 1 heterocycles. The Bertz CT molecular complexity index is 1070. The highest BCUT2D eigenvalue weighted by atomic mass is 32.2. The molecule has 2 amide bonds. The molecule has 1 aliphatic rings. The van der Waals surface area contributed by atoms with Crippen LogP contribution in [-0.2, 0) is 14.3 Å². The Morgan fingerprint density at radius 1 is 1.25 bits per heavy atom. The van der Waals surface area contributed by atoms with E-state index < -0.39 is 16.1 Å². The summed E-state index contributed by atoms with van der Waals surface area (Å²) in [6.07, 6.45) is -0.0817. The van der Waals surface area contributed by atoms with Gasteiger partial charge in [-0.1, -0.05) is 23.9 Å². The molecule has 1 N–H and O–H groups in total. The molecule has 0 aliphatic carbocycles. The molecular formula is C22H24N4O5S. The van der Waals surface area contributed by atoms with Crippen LogP contribution in [0.1, 0.15) is 17.5 Å². The largest absolute Gasteiger partial charge is 0.383 e. The van der Waals surface area contributed by atoms with Crippen LogP contribution in [0, 0.1) is 24.0 Å². The highest BCUT2D eigenvalue weighted by Gasteiger charge is 2.39. The normalized spacial score (nSPS) is 17.1. The molecular weight excluding hydrogens is 432 g/mol. The molecule has 3 rings (SSSR count). The number of nitrogens with one attached hydrogen (secondary N) is 1. The molecule has 1 atom stereocenters. The van der Waals surface area contributed by atoms with E-state index in [1.54, 1.807) is 13.2 Å². The van der Waals surface area contributed by atoms with Crippen molar-refractivity contribution < 1.29 is 19.2 Å². The van der Waals surface area contributed by atoms with Crippen LogP contribution in [0.2, 0.25) is 0 Å². The van der Waals surface area contributed by atoms with E-state index in [1.165, 1.54) is 34.9 Å². The molecule has 0 bridgehead atoms. The Balaban J connectivity index is 1.75. The fourth-order valence-electron chi connectivity index (χ4n) is 3.10. The van der Waals surface area contributed by atoms with Gasteiger partial charge in [0, 0.05) is 31.4 Å². The summed E-state index contributed by atoms with van der Waals surface area (Å²) in [4.78, 5) is 42.1. The average molecular weight is 457 g/mol. The van der Waals surface area contributed by atoms with Crippen LogP contribution in [0.25, 0.3) is 0 Å². The summed E-state index contributed by atoms with van der Waals surface area (Å²) in [6, 6.07) is 11.5. The molecule has 32 heavy (non-hydrogen) atoms. The molecule has 1 fully saturated rings. The van der Waals surface area contributed by atoms with Gasteiger partial charge in [-0.25, -0.2) is 4.99 Å². The Morgan fingerprint density at radius 3 is 2.72 bits per heavy atom. The number of non-ortho nitro benzene ring substituents is 1. The Kier molecular flexibility index (Phi) is 7.60. The molecule has 0 aromatic heterocycles. The molecule has 2 aromatic carbocycles. The number of anilines is 1. The van der Waals surface area contributed by atoms with Crippen LogP contribution in [-0.4, -0.2) is 52.3 Å². The van der Waals surface area contributed by atoms with Crippen molar-refractivity contribution in [1.29, 1.82) is 0 Å². The molecule has 0 saturated carbocycles. The van der Waals surface area contributed by atoms with Gasteiger partial charge < -0.3 is 10.1 Å². The van der Waals surface area contributed by atoms with Crippen LogP contribution in [0.5, 0.6) is 0 Å². The summed E-state index contributed by atoms with van der Waals surface area (Å²) in [5, 5.41) is 13.4. The van der Waals surface area contributed by atoms with Crippen molar-refractivity contribution in [3.05, 3.63) is 63.7 Å². The summed E-state index contributed by atoms with van der Waals surface area (Å²) >= 11 is 1.23. The molecule has 9 nitrogen and oxygen atoms in total. The van der Waals surface area contributed by atoms with E-state index in [-0.39, 0.29) is 18.0 Å². The van der Waals surface area contributed by atoms with Crippen molar-refractivity contribution in [3.8, 4) is 0 Å². The van der Waals surface area contributed by atoms with Crippen molar-refractivity contribution >= 4 is 45.8 Å². The predicted molar refractivity (Wildman–Crippen MR) is 124 cm³/mol. The maximum Gasteiger partial charge on any atom is 0.271 e. The van der Waals surface area contributed by atoms with Crippen molar-refractivity contribution in [1.82, 2.24) is 4.90 Å². The van der Waals surface area contributed by atoms with Gasteiger partial charge in [0.1, 0.15) is 5.25 Å². The number of hydrogen-bond acceptors (Lipinski definition) is 7. The van der Waals surface area contributed by atoms with Crippen LogP contribution in [0.15, 0.2) is 47.5 Å². The SMILES string of the molecule is COCCN1C(=O)C(CC(=O)Nc2cccc([N+](=O)[O-])c2)SC1=Nc1ccc(C)c(C)c1. The minimum atomic E-state index is -0.643. The first-order valence-corrected chi connectivity index (χ1v) is 10.8. The third-order valence-electron chi connectivity index (χ3n) is 4.97. The van der Waals surface area contributed by atoms with Crippen LogP contribution in [0.4, 0.5) is 17.1 Å². The van der Waals surface area contributed by atoms with Gasteiger partial charge in [-0.05, 0) is 43.2 Å². The van der Waals surface area contributed by atoms with Gasteiger partial charge in [-0.15, -0.1) is 0 Å². The maximum atomic E-state index is 13.0. The number of amidine groups is 1. The topological polar surface area (TPSA) is 114 Å².